The zero-order valence-corrected chi connectivity index (χ0v) is 21.1. The maximum absolute atomic E-state index is 5.83. The van der Waals surface area contributed by atoms with Gasteiger partial charge in [0.05, 0.1) is 32.4 Å². The predicted octanol–water partition coefficient (Wildman–Crippen LogP) is 5.62. The summed E-state index contributed by atoms with van der Waals surface area (Å²) in [5, 5.41) is 8.38. The van der Waals surface area contributed by atoms with Gasteiger partial charge in [-0.2, -0.15) is 4.98 Å². The van der Waals surface area contributed by atoms with Crippen LogP contribution in [-0.4, -0.2) is 34.4 Å². The lowest BCUT2D eigenvalue weighted by atomic mass is 9.94. The van der Waals surface area contributed by atoms with Crippen molar-refractivity contribution in [1.82, 2.24) is 20.4 Å². The molecule has 0 bridgehead atoms. The fourth-order valence-electron chi connectivity index (χ4n) is 4.29. The zero-order valence-electron chi connectivity index (χ0n) is 20.3. The second-order valence-corrected chi connectivity index (χ2v) is 8.77. The molecule has 1 N–H and O–H groups in total. The van der Waals surface area contributed by atoms with Gasteiger partial charge in [0.1, 0.15) is 11.5 Å². The van der Waals surface area contributed by atoms with Gasteiger partial charge in [0.25, 0.3) is 5.89 Å². The first kappa shape index (κ1) is 23.6. The molecule has 1 aliphatic rings. The number of hydrogen-bond acceptors (Lipinski definition) is 6. The minimum Gasteiger partial charge on any atom is -0.497 e. The Balaban J connectivity index is 1.58. The van der Waals surface area contributed by atoms with E-state index in [4.69, 9.17) is 31.2 Å². The van der Waals surface area contributed by atoms with Crippen molar-refractivity contribution < 1.29 is 14.0 Å². The number of methoxy groups -OCH3 is 2. The summed E-state index contributed by atoms with van der Waals surface area (Å²) in [6, 6.07) is 25.3. The molecule has 36 heavy (non-hydrogen) atoms. The number of nitrogens with one attached hydrogen (secondary N) is 1. The fourth-order valence-corrected chi connectivity index (χ4v) is 4.61. The summed E-state index contributed by atoms with van der Waals surface area (Å²) in [5.41, 5.74) is 4.76. The molecular formula is C28H26N4O3S. The summed E-state index contributed by atoms with van der Waals surface area (Å²) in [4.78, 5) is 6.82. The number of benzene rings is 3. The smallest absolute Gasteiger partial charge is 0.258 e. The highest BCUT2D eigenvalue weighted by Crippen LogP contribution is 2.38. The second-order valence-electron chi connectivity index (χ2n) is 8.38. The molecule has 0 fully saturated rings. The molecule has 182 valence electrons. The maximum Gasteiger partial charge on any atom is 0.258 e. The Morgan fingerprint density at radius 3 is 2.42 bits per heavy atom. The Labute approximate surface area is 215 Å². The van der Waals surface area contributed by atoms with Crippen LogP contribution < -0.4 is 14.8 Å². The molecule has 1 atom stereocenters. The normalized spacial score (nSPS) is 15.6. The second kappa shape index (κ2) is 10.2. The van der Waals surface area contributed by atoms with Crippen LogP contribution in [0.1, 0.15) is 30.0 Å². The lowest BCUT2D eigenvalue weighted by Gasteiger charge is -2.37. The van der Waals surface area contributed by atoms with E-state index in [-0.39, 0.29) is 6.04 Å². The summed E-state index contributed by atoms with van der Waals surface area (Å²) < 4.78 is 16.6. The molecule has 0 saturated heterocycles. The van der Waals surface area contributed by atoms with E-state index in [2.05, 4.69) is 10.5 Å². The Bertz CT molecular complexity index is 1400. The molecule has 5 rings (SSSR count). The third-order valence-corrected chi connectivity index (χ3v) is 6.55. The van der Waals surface area contributed by atoms with Crippen molar-refractivity contribution in [2.45, 2.75) is 19.5 Å². The first-order valence-electron chi connectivity index (χ1n) is 11.5. The maximum atomic E-state index is 5.83. The molecule has 2 heterocycles. The average Bonchev–Trinajstić information content (AvgIpc) is 3.41. The number of hydrogen-bond donors (Lipinski definition) is 1. The lowest BCUT2D eigenvalue weighted by molar-refractivity contribution is 0.395. The van der Waals surface area contributed by atoms with E-state index >= 15 is 0 Å². The summed E-state index contributed by atoms with van der Waals surface area (Å²) in [7, 11) is 3.31. The average molecular weight is 499 g/mol. The van der Waals surface area contributed by atoms with Crippen LogP contribution >= 0.6 is 12.2 Å². The van der Waals surface area contributed by atoms with Crippen molar-refractivity contribution >= 4 is 22.9 Å². The van der Waals surface area contributed by atoms with Crippen molar-refractivity contribution in [2.24, 2.45) is 0 Å². The lowest BCUT2D eigenvalue weighted by Crippen LogP contribution is -2.45. The topological polar surface area (TPSA) is 72.7 Å². The van der Waals surface area contributed by atoms with Crippen LogP contribution in [0, 0.1) is 0 Å². The Morgan fingerprint density at radius 1 is 0.944 bits per heavy atom. The van der Waals surface area contributed by atoms with E-state index in [9.17, 15) is 0 Å². The van der Waals surface area contributed by atoms with E-state index in [0.29, 0.717) is 23.4 Å². The minimum atomic E-state index is -0.269. The van der Waals surface area contributed by atoms with Crippen LogP contribution in [0.25, 0.3) is 17.0 Å². The SMILES string of the molecule is COc1ccc(C2NC(=S)N(Cc3cccc(OC)c3)C(C)=C2c2nc(-c3ccccc3)no2)cc1. The van der Waals surface area contributed by atoms with Crippen LogP contribution in [0.3, 0.4) is 0 Å². The summed E-state index contributed by atoms with van der Waals surface area (Å²) in [6.07, 6.45) is 0. The van der Waals surface area contributed by atoms with Crippen molar-refractivity contribution in [3.8, 4) is 22.9 Å². The van der Waals surface area contributed by atoms with E-state index in [1.165, 1.54) is 0 Å². The molecule has 3 aromatic carbocycles. The van der Waals surface area contributed by atoms with Crippen LogP contribution in [-0.2, 0) is 6.54 Å². The van der Waals surface area contributed by atoms with Crippen molar-refractivity contribution in [1.29, 1.82) is 0 Å². The molecule has 0 amide bonds. The zero-order chi connectivity index (χ0) is 25.1. The summed E-state index contributed by atoms with van der Waals surface area (Å²) >= 11 is 5.83. The third kappa shape index (κ3) is 4.67. The van der Waals surface area contributed by atoms with Gasteiger partial charge < -0.3 is 24.2 Å². The number of ether oxygens (including phenoxy) is 2. The molecule has 0 saturated carbocycles. The fraction of sp³-hybridized carbons (Fsp3) is 0.179. The number of aromatic nitrogens is 2. The molecule has 0 aliphatic carbocycles. The molecule has 4 aromatic rings. The van der Waals surface area contributed by atoms with Crippen molar-refractivity contribution in [3.63, 3.8) is 0 Å². The quantitative estimate of drug-likeness (QED) is 0.329. The number of allylic oxidation sites excluding steroid dienone is 1. The molecule has 7 nitrogen and oxygen atoms in total. The highest BCUT2D eigenvalue weighted by Gasteiger charge is 2.34. The number of rotatable bonds is 7. The predicted molar refractivity (Wildman–Crippen MR) is 142 cm³/mol. The number of nitrogens with zero attached hydrogens (tertiary/aromatic N) is 3. The van der Waals surface area contributed by atoms with E-state index in [1.54, 1.807) is 14.2 Å². The molecule has 0 radical (unpaired) electrons. The van der Waals surface area contributed by atoms with Gasteiger partial charge in [0.15, 0.2) is 5.11 Å². The first-order valence-corrected chi connectivity index (χ1v) is 11.9. The van der Waals surface area contributed by atoms with Crippen molar-refractivity contribution in [3.05, 3.63) is 102 Å². The molecule has 1 aliphatic heterocycles. The van der Waals surface area contributed by atoms with Crippen LogP contribution in [0.15, 0.2) is 89.1 Å². The van der Waals surface area contributed by atoms with Gasteiger partial charge in [0, 0.05) is 11.3 Å². The highest BCUT2D eigenvalue weighted by molar-refractivity contribution is 7.80. The Hall–Kier alpha value is -4.17. The monoisotopic (exact) mass is 498 g/mol. The molecular weight excluding hydrogens is 472 g/mol. The van der Waals surface area contributed by atoms with Gasteiger partial charge in [-0.3, -0.25) is 0 Å². The van der Waals surface area contributed by atoms with Crippen molar-refractivity contribution in [2.75, 3.05) is 14.2 Å². The highest BCUT2D eigenvalue weighted by atomic mass is 32.1. The number of thiocarbonyl (C=S) groups is 1. The standard InChI is InChI=1S/C28H26N4O3S/c1-18-24(27-30-26(31-35-27)21-9-5-4-6-10-21)25(20-12-14-22(33-2)15-13-20)29-28(36)32(18)17-19-8-7-11-23(16-19)34-3/h4-16,25H,17H2,1-3H3,(H,29,36). The first-order chi connectivity index (χ1) is 17.6. The van der Waals surface area contributed by atoms with Crippen LogP contribution in [0.2, 0.25) is 0 Å². The van der Waals surface area contributed by atoms with Gasteiger partial charge in [0.2, 0.25) is 5.82 Å². The third-order valence-electron chi connectivity index (χ3n) is 6.21. The summed E-state index contributed by atoms with van der Waals surface area (Å²) in [6.45, 7) is 2.60. The molecule has 1 aromatic heterocycles. The van der Waals surface area contributed by atoms with Crippen LogP contribution in [0.4, 0.5) is 0 Å². The van der Waals surface area contributed by atoms with E-state index < -0.39 is 0 Å². The Kier molecular flexibility index (Phi) is 6.69. The minimum absolute atomic E-state index is 0.269. The molecule has 0 spiro atoms. The Morgan fingerprint density at radius 2 is 1.69 bits per heavy atom. The van der Waals surface area contributed by atoms with E-state index in [0.717, 1.165) is 39.5 Å². The molecule has 8 heteroatoms. The van der Waals surface area contributed by atoms with Gasteiger partial charge in [-0.05, 0) is 54.5 Å². The van der Waals surface area contributed by atoms with Gasteiger partial charge in [-0.1, -0.05) is 59.8 Å². The molecule has 1 unspecified atom stereocenters. The van der Waals surface area contributed by atoms with Gasteiger partial charge in [-0.25, -0.2) is 0 Å². The van der Waals surface area contributed by atoms with Gasteiger partial charge in [-0.15, -0.1) is 0 Å². The van der Waals surface area contributed by atoms with Gasteiger partial charge >= 0.3 is 0 Å². The summed E-state index contributed by atoms with van der Waals surface area (Å²) in [5.74, 6) is 2.55. The largest absolute Gasteiger partial charge is 0.497 e. The van der Waals surface area contributed by atoms with E-state index in [1.807, 2.05) is 90.7 Å². The van der Waals surface area contributed by atoms with Crippen LogP contribution in [0.5, 0.6) is 11.5 Å².